The van der Waals surface area contributed by atoms with Crippen molar-refractivity contribution in [1.29, 1.82) is 0 Å². The summed E-state index contributed by atoms with van der Waals surface area (Å²) in [5.41, 5.74) is 0.0336. The smallest absolute Gasteiger partial charge is 0.340 e. The van der Waals surface area contributed by atoms with Crippen molar-refractivity contribution in [1.82, 2.24) is 9.21 Å². The molecule has 1 rings (SSSR count). The van der Waals surface area contributed by atoms with Crippen LogP contribution in [-0.4, -0.2) is 63.8 Å². The average molecular weight is 407 g/mol. The van der Waals surface area contributed by atoms with Gasteiger partial charge in [0.2, 0.25) is 10.0 Å². The highest BCUT2D eigenvalue weighted by molar-refractivity contribution is 9.10. The molecule has 0 fully saturated rings. The van der Waals surface area contributed by atoms with Gasteiger partial charge in [-0.15, -0.1) is 0 Å². The Bertz CT molecular complexity index is 716. The average Bonchev–Trinajstić information content (AvgIpc) is 2.45. The van der Waals surface area contributed by atoms with Crippen LogP contribution in [0.4, 0.5) is 0 Å². The molecule has 1 amide bonds. The van der Waals surface area contributed by atoms with E-state index < -0.39 is 22.1 Å². The summed E-state index contributed by atoms with van der Waals surface area (Å²) in [5, 5.41) is 0. The summed E-state index contributed by atoms with van der Waals surface area (Å²) in [5.74, 6) is -1.15. The predicted molar refractivity (Wildman–Crippen MR) is 88.6 cm³/mol. The van der Waals surface area contributed by atoms with Crippen LogP contribution in [0.25, 0.3) is 0 Å². The number of hydrogen-bond acceptors (Lipinski definition) is 5. The van der Waals surface area contributed by atoms with Gasteiger partial charge in [-0.3, -0.25) is 4.79 Å². The maximum absolute atomic E-state index is 12.2. The van der Waals surface area contributed by atoms with Gasteiger partial charge in [0.15, 0.2) is 6.10 Å². The maximum Gasteiger partial charge on any atom is 0.340 e. The monoisotopic (exact) mass is 406 g/mol. The van der Waals surface area contributed by atoms with Crippen molar-refractivity contribution in [3.05, 3.63) is 28.2 Å². The second kappa shape index (κ2) is 7.41. The van der Waals surface area contributed by atoms with Gasteiger partial charge in [-0.05, 0) is 41.1 Å². The first kappa shape index (κ1) is 19.6. The maximum atomic E-state index is 12.2. The molecule has 1 atom stereocenters. The molecule has 0 heterocycles. The Morgan fingerprint density at radius 2 is 1.74 bits per heavy atom. The number of likely N-dealkylation sites (N-methyl/N-ethyl adjacent to an activating group) is 1. The zero-order chi connectivity index (χ0) is 17.9. The van der Waals surface area contributed by atoms with E-state index in [1.807, 2.05) is 0 Å². The quantitative estimate of drug-likeness (QED) is 0.688. The van der Waals surface area contributed by atoms with E-state index in [0.29, 0.717) is 4.47 Å². The van der Waals surface area contributed by atoms with Crippen LogP contribution in [0.5, 0.6) is 0 Å². The second-order valence-electron chi connectivity index (χ2n) is 5.21. The number of carbonyl (C=O) groups excluding carboxylic acids is 2. The number of hydrogen-bond donors (Lipinski definition) is 0. The standard InChI is InChI=1S/C14H19BrN2O5S/c1-9(13(18)16(2)3)22-14(19)11-8-10(6-7-12(11)15)23(20,21)17(4)5/h6-9H,1-5H3/t9-/m1/s1. The Labute approximate surface area is 144 Å². The molecule has 0 aliphatic rings. The third kappa shape index (κ3) is 4.52. The molecule has 0 N–H and O–H groups in total. The first-order valence-electron chi connectivity index (χ1n) is 6.62. The lowest BCUT2D eigenvalue weighted by Crippen LogP contribution is -2.35. The Balaban J connectivity index is 3.14. The number of ether oxygens (including phenoxy) is 1. The highest BCUT2D eigenvalue weighted by atomic mass is 79.9. The molecule has 0 aliphatic carbocycles. The molecule has 9 heteroatoms. The van der Waals surface area contributed by atoms with Gasteiger partial charge in [-0.2, -0.15) is 0 Å². The molecule has 0 saturated heterocycles. The lowest BCUT2D eigenvalue weighted by molar-refractivity contribution is -0.137. The number of amides is 1. The molecule has 7 nitrogen and oxygen atoms in total. The fourth-order valence-corrected chi connectivity index (χ4v) is 3.01. The topological polar surface area (TPSA) is 84.0 Å². The minimum Gasteiger partial charge on any atom is -0.449 e. The Morgan fingerprint density at radius 3 is 2.22 bits per heavy atom. The van der Waals surface area contributed by atoms with Gasteiger partial charge >= 0.3 is 5.97 Å². The van der Waals surface area contributed by atoms with Crippen LogP contribution < -0.4 is 0 Å². The molecule has 0 radical (unpaired) electrons. The molecule has 23 heavy (non-hydrogen) atoms. The fourth-order valence-electron chi connectivity index (χ4n) is 1.67. The summed E-state index contributed by atoms with van der Waals surface area (Å²) in [7, 11) is 2.21. The molecule has 1 aromatic carbocycles. The second-order valence-corrected chi connectivity index (χ2v) is 8.22. The number of esters is 1. The van der Waals surface area contributed by atoms with Gasteiger partial charge in [0, 0.05) is 32.7 Å². The first-order chi connectivity index (χ1) is 10.5. The van der Waals surface area contributed by atoms with Crippen molar-refractivity contribution in [3.63, 3.8) is 0 Å². The highest BCUT2D eigenvalue weighted by Crippen LogP contribution is 2.23. The van der Waals surface area contributed by atoms with E-state index in [9.17, 15) is 18.0 Å². The lowest BCUT2D eigenvalue weighted by Gasteiger charge is -2.18. The molecular weight excluding hydrogens is 388 g/mol. The van der Waals surface area contributed by atoms with Crippen LogP contribution in [-0.2, 0) is 19.6 Å². The molecule has 0 saturated carbocycles. The molecule has 0 spiro atoms. The highest BCUT2D eigenvalue weighted by Gasteiger charge is 2.24. The number of carbonyl (C=O) groups is 2. The van der Waals surface area contributed by atoms with Crippen molar-refractivity contribution in [2.75, 3.05) is 28.2 Å². The summed E-state index contributed by atoms with van der Waals surface area (Å²) >= 11 is 3.19. The molecular formula is C14H19BrN2O5S. The number of nitrogens with zero attached hydrogens (tertiary/aromatic N) is 2. The Morgan fingerprint density at radius 1 is 1.17 bits per heavy atom. The van der Waals surface area contributed by atoms with E-state index in [-0.39, 0.29) is 16.4 Å². The van der Waals surface area contributed by atoms with Crippen LogP contribution in [0.1, 0.15) is 17.3 Å². The van der Waals surface area contributed by atoms with Crippen molar-refractivity contribution in [2.24, 2.45) is 0 Å². The van der Waals surface area contributed by atoms with Crippen LogP contribution in [0.3, 0.4) is 0 Å². The summed E-state index contributed by atoms with van der Waals surface area (Å²) in [6.45, 7) is 1.45. The number of benzene rings is 1. The van der Waals surface area contributed by atoms with Crippen LogP contribution in [0.2, 0.25) is 0 Å². The minimum atomic E-state index is -3.68. The normalized spacial score (nSPS) is 12.8. The van der Waals surface area contributed by atoms with Crippen molar-refractivity contribution in [2.45, 2.75) is 17.9 Å². The first-order valence-corrected chi connectivity index (χ1v) is 8.86. The van der Waals surface area contributed by atoms with Crippen LogP contribution >= 0.6 is 15.9 Å². The SMILES string of the molecule is C[C@@H](OC(=O)c1cc(S(=O)(=O)N(C)C)ccc1Br)C(=O)N(C)C. The van der Waals surface area contributed by atoms with Crippen LogP contribution in [0.15, 0.2) is 27.6 Å². The van der Waals surface area contributed by atoms with E-state index in [0.717, 1.165) is 4.31 Å². The Hall–Kier alpha value is -1.45. The van der Waals surface area contributed by atoms with E-state index in [1.165, 1.54) is 44.1 Å². The van der Waals surface area contributed by atoms with Crippen LogP contribution in [0, 0.1) is 0 Å². The summed E-state index contributed by atoms with van der Waals surface area (Å²) in [6, 6.07) is 4.05. The predicted octanol–water partition coefficient (Wildman–Crippen LogP) is 1.33. The van der Waals surface area contributed by atoms with E-state index >= 15 is 0 Å². The lowest BCUT2D eigenvalue weighted by atomic mass is 10.2. The number of sulfonamides is 1. The van der Waals surface area contributed by atoms with Crippen molar-refractivity contribution >= 4 is 37.8 Å². The Kier molecular flexibility index (Phi) is 6.32. The summed E-state index contributed by atoms with van der Waals surface area (Å²) in [6.07, 6.45) is -0.974. The van der Waals surface area contributed by atoms with Gasteiger partial charge in [0.1, 0.15) is 0 Å². The fraction of sp³-hybridized carbons (Fsp3) is 0.429. The third-order valence-electron chi connectivity index (χ3n) is 3.01. The minimum absolute atomic E-state index is 0.0336. The molecule has 0 aliphatic heterocycles. The van der Waals surface area contributed by atoms with Gasteiger partial charge < -0.3 is 9.64 Å². The zero-order valence-corrected chi connectivity index (χ0v) is 15.9. The van der Waals surface area contributed by atoms with E-state index in [4.69, 9.17) is 4.74 Å². The molecule has 128 valence electrons. The number of halogens is 1. The largest absolute Gasteiger partial charge is 0.449 e. The molecule has 0 bridgehead atoms. The molecule has 1 aromatic rings. The number of rotatable bonds is 5. The summed E-state index contributed by atoms with van der Waals surface area (Å²) in [4.78, 5) is 25.2. The van der Waals surface area contributed by atoms with Crippen molar-refractivity contribution in [3.8, 4) is 0 Å². The van der Waals surface area contributed by atoms with Gasteiger partial charge in [-0.1, -0.05) is 0 Å². The molecule has 0 unspecified atom stereocenters. The molecule has 0 aromatic heterocycles. The van der Waals surface area contributed by atoms with Gasteiger partial charge in [-0.25, -0.2) is 17.5 Å². The van der Waals surface area contributed by atoms with E-state index in [1.54, 1.807) is 14.1 Å². The van der Waals surface area contributed by atoms with Gasteiger partial charge in [0.05, 0.1) is 10.5 Å². The summed E-state index contributed by atoms with van der Waals surface area (Å²) < 4.78 is 30.8. The van der Waals surface area contributed by atoms with E-state index in [2.05, 4.69) is 15.9 Å². The van der Waals surface area contributed by atoms with Gasteiger partial charge in [0.25, 0.3) is 5.91 Å². The van der Waals surface area contributed by atoms with Crippen molar-refractivity contribution < 1.29 is 22.7 Å². The third-order valence-corrected chi connectivity index (χ3v) is 5.51. The zero-order valence-electron chi connectivity index (χ0n) is 13.5.